The summed E-state index contributed by atoms with van der Waals surface area (Å²) in [5, 5.41) is 3.02. The normalized spacial score (nSPS) is 15.5. The summed E-state index contributed by atoms with van der Waals surface area (Å²) in [6.45, 7) is 6.43. The number of hydrogen-bond donors (Lipinski definition) is 1. The average Bonchev–Trinajstić information content (AvgIpc) is 3.07. The minimum atomic E-state index is -0.460. The van der Waals surface area contributed by atoms with Crippen LogP contribution in [-0.4, -0.2) is 99.2 Å². The van der Waals surface area contributed by atoms with E-state index in [1.54, 1.807) is 54.5 Å². The molecule has 5 rings (SSSR count). The molecule has 226 valence electrons. The zero-order valence-electron chi connectivity index (χ0n) is 24.9. The lowest BCUT2D eigenvalue weighted by atomic mass is 10.0. The molecule has 2 aliphatic rings. The highest BCUT2D eigenvalue weighted by Gasteiger charge is 2.20. The second kappa shape index (κ2) is 14.3. The Morgan fingerprint density at radius 1 is 0.930 bits per heavy atom. The van der Waals surface area contributed by atoms with Crippen LogP contribution >= 0.6 is 0 Å². The van der Waals surface area contributed by atoms with Crippen molar-refractivity contribution >= 4 is 29.2 Å². The Labute approximate surface area is 252 Å². The van der Waals surface area contributed by atoms with E-state index in [-0.39, 0.29) is 11.8 Å². The summed E-state index contributed by atoms with van der Waals surface area (Å²) < 4.78 is 10.3. The quantitative estimate of drug-likeness (QED) is 0.373. The van der Waals surface area contributed by atoms with Gasteiger partial charge in [0.15, 0.2) is 0 Å². The monoisotopic (exact) mass is 585 g/mol. The molecule has 0 saturated carbocycles. The fourth-order valence-electron chi connectivity index (χ4n) is 5.45. The maximum absolute atomic E-state index is 13.5. The van der Waals surface area contributed by atoms with Crippen molar-refractivity contribution in [2.75, 3.05) is 76.9 Å². The number of nitrogens with zero attached hydrogens (tertiary/aromatic N) is 4. The van der Waals surface area contributed by atoms with Crippen LogP contribution in [0.25, 0.3) is 11.3 Å². The van der Waals surface area contributed by atoms with Gasteiger partial charge >= 0.3 is 5.97 Å². The molecular weight excluding hydrogens is 546 g/mol. The molecule has 0 aliphatic carbocycles. The van der Waals surface area contributed by atoms with Gasteiger partial charge in [0, 0.05) is 74.9 Å². The van der Waals surface area contributed by atoms with Crippen molar-refractivity contribution in [2.45, 2.75) is 19.3 Å². The molecule has 0 bridgehead atoms. The molecule has 0 spiro atoms. The van der Waals surface area contributed by atoms with Gasteiger partial charge in [0.05, 0.1) is 37.3 Å². The maximum Gasteiger partial charge on any atom is 0.337 e. The molecule has 1 N–H and O–H groups in total. The first kappa shape index (κ1) is 30.2. The zero-order chi connectivity index (χ0) is 30.2. The van der Waals surface area contributed by atoms with Gasteiger partial charge < -0.3 is 24.6 Å². The van der Waals surface area contributed by atoms with Crippen molar-refractivity contribution in [3.8, 4) is 11.3 Å². The fraction of sp³-hybridized carbons (Fsp3) is 0.394. The molecule has 2 saturated heterocycles. The van der Waals surface area contributed by atoms with Crippen molar-refractivity contribution in [3.63, 3.8) is 0 Å². The summed E-state index contributed by atoms with van der Waals surface area (Å²) in [6, 6.07) is 15.9. The minimum absolute atomic E-state index is 0.140. The lowest BCUT2D eigenvalue weighted by Crippen LogP contribution is -2.41. The van der Waals surface area contributed by atoms with Crippen molar-refractivity contribution in [1.29, 1.82) is 0 Å². The molecular formula is C33H39N5O5. The number of benzene rings is 2. The van der Waals surface area contributed by atoms with E-state index >= 15 is 0 Å². The van der Waals surface area contributed by atoms with Crippen LogP contribution in [0.15, 0.2) is 60.8 Å². The number of anilines is 2. The first-order chi connectivity index (χ1) is 20.9. The second-order valence-electron chi connectivity index (χ2n) is 10.9. The van der Waals surface area contributed by atoms with E-state index in [0.717, 1.165) is 51.3 Å². The molecule has 3 aromatic rings. The maximum atomic E-state index is 13.5. The highest BCUT2D eigenvalue weighted by molar-refractivity contribution is 6.08. The van der Waals surface area contributed by atoms with Crippen LogP contribution in [-0.2, 0) is 9.47 Å². The number of likely N-dealkylation sites (N-methyl/N-ethyl adjacent to an activating group) is 1. The topological polar surface area (TPSA) is 104 Å². The smallest absolute Gasteiger partial charge is 0.337 e. The molecule has 10 heteroatoms. The van der Waals surface area contributed by atoms with Crippen LogP contribution in [0.3, 0.4) is 0 Å². The number of esters is 1. The number of amides is 2. The number of rotatable bonds is 9. The van der Waals surface area contributed by atoms with Crippen LogP contribution in [0.5, 0.6) is 0 Å². The third-order valence-electron chi connectivity index (χ3n) is 8.00. The van der Waals surface area contributed by atoms with Gasteiger partial charge in [-0.05, 0) is 67.8 Å². The number of morpholine rings is 1. The molecule has 0 unspecified atom stereocenters. The van der Waals surface area contributed by atoms with E-state index < -0.39 is 5.97 Å². The third-order valence-corrected chi connectivity index (χ3v) is 8.00. The molecule has 1 aromatic heterocycles. The highest BCUT2D eigenvalue weighted by Crippen LogP contribution is 2.33. The Morgan fingerprint density at radius 3 is 2.47 bits per heavy atom. The molecule has 0 radical (unpaired) electrons. The molecule has 3 heterocycles. The number of carbonyl (C=O) groups is 3. The summed E-state index contributed by atoms with van der Waals surface area (Å²) in [5.41, 5.74) is 4.02. The molecule has 2 amide bonds. The van der Waals surface area contributed by atoms with Crippen molar-refractivity contribution < 1.29 is 23.9 Å². The van der Waals surface area contributed by atoms with Gasteiger partial charge in [-0.25, -0.2) is 4.79 Å². The first-order valence-corrected chi connectivity index (χ1v) is 14.8. The van der Waals surface area contributed by atoms with Crippen LogP contribution in [0.1, 0.15) is 50.3 Å². The van der Waals surface area contributed by atoms with Crippen LogP contribution in [0.2, 0.25) is 0 Å². The lowest BCUT2D eigenvalue weighted by molar-refractivity contribution is 0.0338. The van der Waals surface area contributed by atoms with Gasteiger partial charge in [0.25, 0.3) is 11.8 Å². The number of carbonyl (C=O) groups excluding carboxylic acids is 3. The highest BCUT2D eigenvalue weighted by atomic mass is 16.5. The van der Waals surface area contributed by atoms with Crippen molar-refractivity contribution in [3.05, 3.63) is 77.5 Å². The average molecular weight is 586 g/mol. The van der Waals surface area contributed by atoms with Gasteiger partial charge in [-0.3, -0.25) is 19.5 Å². The molecule has 0 atom stereocenters. The second-order valence-corrected chi connectivity index (χ2v) is 10.9. The van der Waals surface area contributed by atoms with E-state index in [2.05, 4.69) is 20.1 Å². The SMILES string of the molecule is COC(=O)c1ccnc(-c2cc(N3CCCCC3)ccc2NC(=O)c2cccc(C(=O)N(C)CCN3CCOCC3)c2)c1. The summed E-state index contributed by atoms with van der Waals surface area (Å²) in [7, 11) is 3.12. The van der Waals surface area contributed by atoms with Crippen molar-refractivity contribution in [2.24, 2.45) is 0 Å². The molecule has 2 aromatic carbocycles. The predicted molar refractivity (Wildman–Crippen MR) is 166 cm³/mol. The number of pyridine rings is 1. The third kappa shape index (κ3) is 7.57. The van der Waals surface area contributed by atoms with E-state index in [4.69, 9.17) is 9.47 Å². The Bertz CT molecular complexity index is 1450. The fourth-order valence-corrected chi connectivity index (χ4v) is 5.45. The van der Waals surface area contributed by atoms with Gasteiger partial charge in [-0.1, -0.05) is 6.07 Å². The number of nitrogens with one attached hydrogen (secondary N) is 1. The number of piperidine rings is 1. The number of methoxy groups -OCH3 is 1. The van der Waals surface area contributed by atoms with Crippen LogP contribution in [0.4, 0.5) is 11.4 Å². The number of ether oxygens (including phenoxy) is 2. The molecule has 43 heavy (non-hydrogen) atoms. The standard InChI is InChI=1S/C33H39N5O5/c1-36(15-16-37-17-19-43-20-18-37)32(40)25-8-6-7-24(21-25)31(39)35-29-10-9-27(38-13-4-3-5-14-38)23-28(29)30-22-26(11-12-34-30)33(41)42-2/h6-12,21-23H,3-5,13-20H2,1-2H3,(H,35,39). The van der Waals surface area contributed by atoms with Gasteiger partial charge in [-0.15, -0.1) is 0 Å². The summed E-state index contributed by atoms with van der Waals surface area (Å²) in [5.74, 6) is -0.946. The Hall–Kier alpha value is -4.28. The molecule has 10 nitrogen and oxygen atoms in total. The Balaban J connectivity index is 1.36. The summed E-state index contributed by atoms with van der Waals surface area (Å²) in [4.78, 5) is 49.8. The molecule has 2 fully saturated rings. The van der Waals surface area contributed by atoms with Crippen LogP contribution in [0, 0.1) is 0 Å². The Morgan fingerprint density at radius 2 is 1.70 bits per heavy atom. The van der Waals surface area contributed by atoms with Crippen molar-refractivity contribution in [1.82, 2.24) is 14.8 Å². The van der Waals surface area contributed by atoms with Crippen LogP contribution < -0.4 is 10.2 Å². The zero-order valence-corrected chi connectivity index (χ0v) is 24.9. The van der Waals surface area contributed by atoms with Gasteiger partial charge in [-0.2, -0.15) is 0 Å². The van der Waals surface area contributed by atoms with E-state index in [0.29, 0.717) is 53.4 Å². The first-order valence-electron chi connectivity index (χ1n) is 14.8. The largest absolute Gasteiger partial charge is 0.465 e. The Kier molecular flexibility index (Phi) is 10.0. The summed E-state index contributed by atoms with van der Waals surface area (Å²) >= 11 is 0. The van der Waals surface area contributed by atoms with E-state index in [1.165, 1.54) is 13.5 Å². The predicted octanol–water partition coefficient (Wildman–Crippen LogP) is 4.18. The summed E-state index contributed by atoms with van der Waals surface area (Å²) in [6.07, 6.45) is 5.03. The van der Waals surface area contributed by atoms with Gasteiger partial charge in [0.2, 0.25) is 0 Å². The van der Waals surface area contributed by atoms with Gasteiger partial charge in [0.1, 0.15) is 0 Å². The lowest BCUT2D eigenvalue weighted by Gasteiger charge is -2.29. The number of aromatic nitrogens is 1. The molecule has 2 aliphatic heterocycles. The number of hydrogen-bond acceptors (Lipinski definition) is 8. The van der Waals surface area contributed by atoms with E-state index in [1.807, 2.05) is 18.2 Å². The van der Waals surface area contributed by atoms with E-state index in [9.17, 15) is 14.4 Å². The minimum Gasteiger partial charge on any atom is -0.465 e.